The van der Waals surface area contributed by atoms with Gasteiger partial charge in [0.2, 0.25) is 10.0 Å². The summed E-state index contributed by atoms with van der Waals surface area (Å²) in [6.45, 7) is 4.07. The van der Waals surface area contributed by atoms with Gasteiger partial charge in [-0.3, -0.25) is 0 Å². The van der Waals surface area contributed by atoms with Crippen molar-refractivity contribution in [1.82, 2.24) is 4.31 Å². The van der Waals surface area contributed by atoms with E-state index in [2.05, 4.69) is 11.3 Å². The lowest BCUT2D eigenvalue weighted by molar-refractivity contribution is -0.134. The molecule has 0 aliphatic heterocycles. The first-order chi connectivity index (χ1) is 14.9. The largest absolute Gasteiger partial charge is 0.493 e. The quantitative estimate of drug-likeness (QED) is 0.300. The Labute approximate surface area is 183 Å². The second-order valence-corrected chi connectivity index (χ2v) is 8.40. The van der Waals surface area contributed by atoms with Crippen LogP contribution in [-0.2, 0) is 26.0 Å². The first kappa shape index (κ1) is 24.2. The van der Waals surface area contributed by atoms with Crippen molar-refractivity contribution >= 4 is 22.1 Å². The lowest BCUT2D eigenvalue weighted by Crippen LogP contribution is -2.33. The number of hydrogen-bond donors (Lipinski definition) is 0. The van der Waals surface area contributed by atoms with Crippen LogP contribution in [0.1, 0.15) is 11.1 Å². The maximum absolute atomic E-state index is 13.6. The zero-order valence-electron chi connectivity index (χ0n) is 17.9. The fourth-order valence-corrected chi connectivity index (χ4v) is 4.58. The van der Waals surface area contributed by atoms with Crippen LogP contribution in [0.4, 0.5) is 0 Å². The van der Waals surface area contributed by atoms with Gasteiger partial charge in [-0.05, 0) is 35.8 Å². The molecule has 0 fully saturated rings. The zero-order valence-corrected chi connectivity index (χ0v) is 18.7. The highest BCUT2D eigenvalue weighted by atomic mass is 32.2. The zero-order chi connectivity index (χ0) is 22.9. The Hall–Kier alpha value is -3.10. The van der Waals surface area contributed by atoms with Gasteiger partial charge in [-0.2, -0.15) is 4.31 Å². The summed E-state index contributed by atoms with van der Waals surface area (Å²) in [5.74, 6) is -0.239. The van der Waals surface area contributed by atoms with Crippen molar-refractivity contribution in [2.24, 2.45) is 0 Å². The molecule has 0 radical (unpaired) electrons. The van der Waals surface area contributed by atoms with Crippen LogP contribution in [0, 0.1) is 0 Å². The smallest absolute Gasteiger partial charge is 0.330 e. The third kappa shape index (κ3) is 6.19. The van der Waals surface area contributed by atoms with Gasteiger partial charge in [0.15, 0.2) is 11.5 Å². The van der Waals surface area contributed by atoms with Gasteiger partial charge < -0.3 is 14.2 Å². The van der Waals surface area contributed by atoms with Crippen LogP contribution in [-0.4, -0.2) is 53.1 Å². The third-order valence-corrected chi connectivity index (χ3v) is 6.39. The summed E-state index contributed by atoms with van der Waals surface area (Å²) in [7, 11) is 0.0859. The van der Waals surface area contributed by atoms with E-state index < -0.39 is 16.0 Å². The van der Waals surface area contributed by atoms with Crippen LogP contribution in [0.2, 0.25) is 0 Å². The molecule has 0 aliphatic carbocycles. The molecule has 7 nitrogen and oxygen atoms in total. The maximum Gasteiger partial charge on any atom is 0.330 e. The van der Waals surface area contributed by atoms with Crippen molar-refractivity contribution in [2.45, 2.75) is 11.3 Å². The highest BCUT2D eigenvalue weighted by molar-refractivity contribution is 7.89. The number of benzene rings is 2. The second-order valence-electron chi connectivity index (χ2n) is 6.50. The number of nitrogens with zero attached hydrogens (tertiary/aromatic N) is 1. The van der Waals surface area contributed by atoms with Crippen molar-refractivity contribution in [3.05, 3.63) is 72.3 Å². The minimum atomic E-state index is -3.97. The first-order valence-corrected chi connectivity index (χ1v) is 11.0. The Balaban J connectivity index is 2.50. The molecule has 0 saturated carbocycles. The van der Waals surface area contributed by atoms with Crippen LogP contribution >= 0.6 is 0 Å². The van der Waals surface area contributed by atoms with E-state index >= 15 is 0 Å². The Morgan fingerprint density at radius 3 is 2.39 bits per heavy atom. The number of sulfonamides is 1. The number of carbonyl (C=O) groups is 1. The highest BCUT2D eigenvalue weighted by Crippen LogP contribution is 2.37. The van der Waals surface area contributed by atoms with Gasteiger partial charge in [0.25, 0.3) is 0 Å². The van der Waals surface area contributed by atoms with Crippen molar-refractivity contribution in [2.75, 3.05) is 34.4 Å². The Morgan fingerprint density at radius 1 is 1.10 bits per heavy atom. The average molecular weight is 446 g/mol. The lowest BCUT2D eigenvalue weighted by Gasteiger charge is -2.23. The molecule has 2 rings (SSSR count). The van der Waals surface area contributed by atoms with Crippen molar-refractivity contribution in [3.8, 4) is 11.5 Å². The van der Waals surface area contributed by atoms with E-state index in [9.17, 15) is 13.2 Å². The molecule has 0 atom stereocenters. The Bertz CT molecular complexity index is 1030. The molecular weight excluding hydrogens is 418 g/mol. The summed E-state index contributed by atoms with van der Waals surface area (Å²) in [5, 5.41) is 0. The van der Waals surface area contributed by atoms with Crippen molar-refractivity contribution in [1.29, 1.82) is 0 Å². The standard InChI is InChI=1S/C23H27NO6S/c1-5-14-24(15-13-18-9-7-6-8-10-18)31(26,27)21-17-19(11-12-22(25)29-3)16-20(28-2)23(21)30-4/h5-12,16-17H,1,13-15H2,2-4H3/b12-11+. The van der Waals surface area contributed by atoms with Gasteiger partial charge in [0.05, 0.1) is 21.3 Å². The summed E-state index contributed by atoms with van der Waals surface area (Å²) in [6, 6.07) is 12.6. The molecule has 8 heteroatoms. The molecule has 0 bridgehead atoms. The van der Waals surface area contributed by atoms with Crippen molar-refractivity contribution < 1.29 is 27.4 Å². The summed E-state index contributed by atoms with van der Waals surface area (Å²) < 4.78 is 43.8. The maximum atomic E-state index is 13.6. The molecule has 0 saturated heterocycles. The van der Waals surface area contributed by atoms with E-state index in [0.717, 1.165) is 5.56 Å². The molecule has 0 heterocycles. The van der Waals surface area contributed by atoms with Gasteiger partial charge in [-0.25, -0.2) is 13.2 Å². The number of ether oxygens (including phenoxy) is 3. The number of esters is 1. The molecule has 0 N–H and O–H groups in total. The summed E-state index contributed by atoms with van der Waals surface area (Å²) in [5.41, 5.74) is 1.47. The van der Waals surface area contributed by atoms with E-state index in [1.807, 2.05) is 30.3 Å². The minimum Gasteiger partial charge on any atom is -0.493 e. The van der Waals surface area contributed by atoms with Crippen LogP contribution in [0.15, 0.2) is 66.1 Å². The average Bonchev–Trinajstić information content (AvgIpc) is 2.79. The summed E-state index contributed by atoms with van der Waals surface area (Å²) >= 11 is 0. The van der Waals surface area contributed by atoms with Crippen LogP contribution < -0.4 is 9.47 Å². The van der Waals surface area contributed by atoms with Crippen LogP contribution in [0.3, 0.4) is 0 Å². The molecule has 0 aromatic heterocycles. The summed E-state index contributed by atoms with van der Waals surface area (Å²) in [4.78, 5) is 11.4. The van der Waals surface area contributed by atoms with Crippen LogP contribution in [0.25, 0.3) is 6.08 Å². The van der Waals surface area contributed by atoms with Gasteiger partial charge >= 0.3 is 5.97 Å². The predicted molar refractivity (Wildman–Crippen MR) is 120 cm³/mol. The topological polar surface area (TPSA) is 82.1 Å². The van der Waals surface area contributed by atoms with E-state index in [1.54, 1.807) is 6.07 Å². The van der Waals surface area contributed by atoms with Crippen molar-refractivity contribution in [3.63, 3.8) is 0 Å². The monoisotopic (exact) mass is 445 g/mol. The molecule has 2 aromatic carbocycles. The Morgan fingerprint density at radius 2 is 1.81 bits per heavy atom. The minimum absolute atomic E-state index is 0.0613. The number of rotatable bonds is 11. The molecule has 31 heavy (non-hydrogen) atoms. The second kappa shape index (κ2) is 11.3. The number of methoxy groups -OCH3 is 3. The van der Waals surface area contributed by atoms with Gasteiger partial charge in [0, 0.05) is 19.2 Å². The van der Waals surface area contributed by atoms with E-state index in [4.69, 9.17) is 9.47 Å². The highest BCUT2D eigenvalue weighted by Gasteiger charge is 2.29. The molecular formula is C23H27NO6S. The van der Waals surface area contributed by atoms with E-state index in [-0.39, 0.29) is 29.5 Å². The molecule has 0 amide bonds. The molecule has 0 spiro atoms. The molecule has 0 unspecified atom stereocenters. The summed E-state index contributed by atoms with van der Waals surface area (Å²) in [6.07, 6.45) is 4.73. The first-order valence-electron chi connectivity index (χ1n) is 9.54. The van der Waals surface area contributed by atoms with Crippen LogP contribution in [0.5, 0.6) is 11.5 Å². The molecule has 166 valence electrons. The van der Waals surface area contributed by atoms with E-state index in [1.165, 1.54) is 49.9 Å². The van der Waals surface area contributed by atoms with Gasteiger partial charge in [-0.1, -0.05) is 36.4 Å². The lowest BCUT2D eigenvalue weighted by atomic mass is 10.1. The number of carbonyl (C=O) groups excluding carboxylic acids is 1. The van der Waals surface area contributed by atoms with E-state index in [0.29, 0.717) is 12.0 Å². The fraction of sp³-hybridized carbons (Fsp3) is 0.261. The number of hydrogen-bond acceptors (Lipinski definition) is 6. The molecule has 2 aromatic rings. The Kier molecular flexibility index (Phi) is 8.84. The normalized spacial score (nSPS) is 11.5. The third-order valence-electron chi connectivity index (χ3n) is 4.52. The van der Waals surface area contributed by atoms with Gasteiger partial charge in [-0.15, -0.1) is 6.58 Å². The fourth-order valence-electron chi connectivity index (χ4n) is 2.96. The predicted octanol–water partition coefficient (Wildman–Crippen LogP) is 3.31. The molecule has 0 aliphatic rings. The SMILES string of the molecule is C=CCN(CCc1ccccc1)S(=O)(=O)c1cc(/C=C/C(=O)OC)cc(OC)c1OC. The van der Waals surface area contributed by atoms with Gasteiger partial charge in [0.1, 0.15) is 4.90 Å².